The molecule has 0 bridgehead atoms. The van der Waals surface area contributed by atoms with Crippen LogP contribution in [-0.4, -0.2) is 11.0 Å². The summed E-state index contributed by atoms with van der Waals surface area (Å²) in [5, 5.41) is 5.67. The number of pyridine rings is 1. The second-order valence-corrected chi connectivity index (χ2v) is 4.93. The molecule has 1 aromatic heterocycles. The van der Waals surface area contributed by atoms with E-state index in [1.54, 1.807) is 12.4 Å². The molecule has 0 aliphatic heterocycles. The van der Waals surface area contributed by atoms with Crippen molar-refractivity contribution >= 4 is 27.6 Å². The predicted molar refractivity (Wildman–Crippen MR) is 78.9 cm³/mol. The molecule has 0 fully saturated rings. The van der Waals surface area contributed by atoms with Crippen LogP contribution in [-0.2, 0) is 0 Å². The van der Waals surface area contributed by atoms with Crippen LogP contribution in [0, 0.1) is 0 Å². The molecule has 0 spiro atoms. The van der Waals surface area contributed by atoms with Gasteiger partial charge >= 0.3 is 6.03 Å². The lowest BCUT2D eigenvalue weighted by Crippen LogP contribution is -2.31. The Kier molecular flexibility index (Phi) is 4.52. The van der Waals surface area contributed by atoms with Crippen LogP contribution < -0.4 is 10.6 Å². The number of amides is 2. The van der Waals surface area contributed by atoms with Crippen molar-refractivity contribution in [3.05, 3.63) is 58.8 Å². The van der Waals surface area contributed by atoms with E-state index in [1.165, 1.54) is 0 Å². The summed E-state index contributed by atoms with van der Waals surface area (Å²) in [5.41, 5.74) is 1.75. The summed E-state index contributed by atoms with van der Waals surface area (Å²) in [5.74, 6) is 0. The summed E-state index contributed by atoms with van der Waals surface area (Å²) in [7, 11) is 0. The quantitative estimate of drug-likeness (QED) is 0.905. The Balaban J connectivity index is 1.97. The second-order valence-electron chi connectivity index (χ2n) is 4.08. The molecule has 98 valence electrons. The fraction of sp³-hybridized carbons (Fsp3) is 0.143. The third kappa shape index (κ3) is 3.79. The third-order valence-corrected chi connectivity index (χ3v) is 3.37. The second kappa shape index (κ2) is 6.33. The molecule has 2 rings (SSSR count). The van der Waals surface area contributed by atoms with E-state index in [0.717, 1.165) is 15.7 Å². The van der Waals surface area contributed by atoms with E-state index in [4.69, 9.17) is 0 Å². The largest absolute Gasteiger partial charge is 0.331 e. The first-order chi connectivity index (χ1) is 9.16. The highest BCUT2D eigenvalue weighted by Gasteiger charge is 2.10. The number of para-hydroxylation sites is 1. The van der Waals surface area contributed by atoms with Gasteiger partial charge in [0.05, 0.1) is 11.7 Å². The average molecular weight is 320 g/mol. The average Bonchev–Trinajstić information content (AvgIpc) is 2.42. The molecule has 2 amide bonds. The lowest BCUT2D eigenvalue weighted by atomic mass is 10.1. The van der Waals surface area contributed by atoms with Gasteiger partial charge in [-0.1, -0.05) is 12.1 Å². The molecular formula is C14H14BrN3O. The summed E-state index contributed by atoms with van der Waals surface area (Å²) in [6.07, 6.45) is 3.42. The SMILES string of the molecule is CC(NC(=O)Nc1ccccc1Br)c1ccncc1. The Morgan fingerprint density at radius 1 is 1.21 bits per heavy atom. The van der Waals surface area contributed by atoms with E-state index in [9.17, 15) is 4.79 Å². The molecule has 1 atom stereocenters. The molecule has 19 heavy (non-hydrogen) atoms. The number of hydrogen-bond donors (Lipinski definition) is 2. The summed E-state index contributed by atoms with van der Waals surface area (Å²) >= 11 is 3.39. The molecule has 2 aromatic rings. The number of hydrogen-bond acceptors (Lipinski definition) is 2. The predicted octanol–water partition coefficient (Wildman–Crippen LogP) is 3.73. The fourth-order valence-corrected chi connectivity index (χ4v) is 2.04. The number of anilines is 1. The van der Waals surface area contributed by atoms with Crippen LogP contribution >= 0.6 is 15.9 Å². The van der Waals surface area contributed by atoms with Crippen LogP contribution in [0.3, 0.4) is 0 Å². The van der Waals surface area contributed by atoms with E-state index >= 15 is 0 Å². The highest BCUT2D eigenvalue weighted by atomic mass is 79.9. The van der Waals surface area contributed by atoms with Crippen molar-refractivity contribution in [1.82, 2.24) is 10.3 Å². The summed E-state index contributed by atoms with van der Waals surface area (Å²) < 4.78 is 0.849. The maximum absolute atomic E-state index is 11.9. The van der Waals surface area contributed by atoms with Crippen molar-refractivity contribution in [2.45, 2.75) is 13.0 Å². The van der Waals surface area contributed by atoms with Crippen LogP contribution in [0.1, 0.15) is 18.5 Å². The number of aromatic nitrogens is 1. The van der Waals surface area contributed by atoms with Gasteiger partial charge in [0, 0.05) is 16.9 Å². The van der Waals surface area contributed by atoms with Gasteiger partial charge in [-0.2, -0.15) is 0 Å². The number of carbonyl (C=O) groups excluding carboxylic acids is 1. The first kappa shape index (κ1) is 13.5. The molecule has 0 aliphatic carbocycles. The Morgan fingerprint density at radius 2 is 1.89 bits per heavy atom. The number of halogens is 1. The lowest BCUT2D eigenvalue weighted by Gasteiger charge is -2.15. The molecule has 0 aliphatic rings. The Bertz CT molecular complexity index is 560. The highest BCUT2D eigenvalue weighted by Crippen LogP contribution is 2.21. The zero-order valence-corrected chi connectivity index (χ0v) is 12.0. The minimum atomic E-state index is -0.240. The number of nitrogens with one attached hydrogen (secondary N) is 2. The molecule has 5 heteroatoms. The number of carbonyl (C=O) groups is 1. The summed E-state index contributed by atoms with van der Waals surface area (Å²) in [6, 6.07) is 10.9. The number of rotatable bonds is 3. The van der Waals surface area contributed by atoms with Crippen molar-refractivity contribution in [3.8, 4) is 0 Å². The van der Waals surface area contributed by atoms with Crippen molar-refractivity contribution in [3.63, 3.8) is 0 Å². The van der Waals surface area contributed by atoms with Gasteiger partial charge in [0.15, 0.2) is 0 Å². The number of urea groups is 1. The van der Waals surface area contributed by atoms with Gasteiger partial charge in [-0.3, -0.25) is 4.98 Å². The standard InChI is InChI=1S/C14H14BrN3O/c1-10(11-6-8-16-9-7-11)17-14(19)18-13-5-3-2-4-12(13)15/h2-10H,1H3,(H2,17,18,19). The van der Waals surface area contributed by atoms with Crippen LogP contribution in [0.5, 0.6) is 0 Å². The maximum atomic E-state index is 11.9. The van der Waals surface area contributed by atoms with Crippen molar-refractivity contribution < 1.29 is 4.79 Å². The first-order valence-electron chi connectivity index (χ1n) is 5.89. The molecule has 0 saturated carbocycles. The monoisotopic (exact) mass is 319 g/mol. The zero-order chi connectivity index (χ0) is 13.7. The molecule has 4 nitrogen and oxygen atoms in total. The minimum absolute atomic E-state index is 0.0783. The van der Waals surface area contributed by atoms with Crippen LogP contribution in [0.2, 0.25) is 0 Å². The lowest BCUT2D eigenvalue weighted by molar-refractivity contribution is 0.249. The Labute approximate surface area is 120 Å². The van der Waals surface area contributed by atoms with Gasteiger partial charge in [0.2, 0.25) is 0 Å². The molecule has 2 N–H and O–H groups in total. The first-order valence-corrected chi connectivity index (χ1v) is 6.68. The van der Waals surface area contributed by atoms with Crippen LogP contribution in [0.25, 0.3) is 0 Å². The van der Waals surface area contributed by atoms with E-state index < -0.39 is 0 Å². The van der Waals surface area contributed by atoms with Crippen molar-refractivity contribution in [2.24, 2.45) is 0 Å². The highest BCUT2D eigenvalue weighted by molar-refractivity contribution is 9.10. The maximum Gasteiger partial charge on any atom is 0.319 e. The summed E-state index contributed by atoms with van der Waals surface area (Å²) in [6.45, 7) is 1.93. The molecular weight excluding hydrogens is 306 g/mol. The topological polar surface area (TPSA) is 54.0 Å². The smallest absolute Gasteiger partial charge is 0.319 e. The number of nitrogens with zero attached hydrogens (tertiary/aromatic N) is 1. The van der Waals surface area contributed by atoms with Gasteiger partial charge in [-0.05, 0) is 52.7 Å². The zero-order valence-electron chi connectivity index (χ0n) is 10.4. The van der Waals surface area contributed by atoms with E-state index in [-0.39, 0.29) is 12.1 Å². The van der Waals surface area contributed by atoms with Crippen molar-refractivity contribution in [1.29, 1.82) is 0 Å². The Hall–Kier alpha value is -1.88. The summed E-state index contributed by atoms with van der Waals surface area (Å²) in [4.78, 5) is 15.8. The van der Waals surface area contributed by atoms with Gasteiger partial charge in [-0.15, -0.1) is 0 Å². The van der Waals surface area contributed by atoms with Crippen LogP contribution in [0.15, 0.2) is 53.3 Å². The normalized spacial score (nSPS) is 11.7. The third-order valence-electron chi connectivity index (χ3n) is 2.68. The van der Waals surface area contributed by atoms with Gasteiger partial charge in [0.25, 0.3) is 0 Å². The Morgan fingerprint density at radius 3 is 2.58 bits per heavy atom. The molecule has 0 saturated heterocycles. The fourth-order valence-electron chi connectivity index (χ4n) is 1.65. The minimum Gasteiger partial charge on any atom is -0.331 e. The molecule has 1 aromatic carbocycles. The molecule has 1 unspecified atom stereocenters. The van der Waals surface area contributed by atoms with E-state index in [0.29, 0.717) is 0 Å². The van der Waals surface area contributed by atoms with Crippen LogP contribution in [0.4, 0.5) is 10.5 Å². The molecule has 0 radical (unpaired) electrons. The van der Waals surface area contributed by atoms with Gasteiger partial charge < -0.3 is 10.6 Å². The number of benzene rings is 1. The van der Waals surface area contributed by atoms with E-state index in [2.05, 4.69) is 31.5 Å². The van der Waals surface area contributed by atoms with Gasteiger partial charge in [0.1, 0.15) is 0 Å². The van der Waals surface area contributed by atoms with E-state index in [1.807, 2.05) is 43.3 Å². The van der Waals surface area contributed by atoms with Crippen molar-refractivity contribution in [2.75, 3.05) is 5.32 Å². The molecule has 1 heterocycles. The van der Waals surface area contributed by atoms with Gasteiger partial charge in [-0.25, -0.2) is 4.79 Å².